The topological polar surface area (TPSA) is 27.7 Å². The second-order valence-electron chi connectivity index (χ2n) is 13.4. The summed E-state index contributed by atoms with van der Waals surface area (Å²) in [7, 11) is -0.974. The molecular weight excluding hydrogens is 483 g/mol. The molecule has 0 amide bonds. The van der Waals surface area contributed by atoms with E-state index in [4.69, 9.17) is 21.1 Å². The van der Waals surface area contributed by atoms with Gasteiger partial charge in [0.25, 0.3) is 0 Å². The van der Waals surface area contributed by atoms with Gasteiger partial charge in [0.1, 0.15) is 0 Å². The van der Waals surface area contributed by atoms with Gasteiger partial charge in [0.05, 0.1) is 26.7 Å². The molecule has 8 heteroatoms. The van der Waals surface area contributed by atoms with Gasteiger partial charge in [-0.25, -0.2) is 0 Å². The Hall–Kier alpha value is 0.812. The number of hydrogen-bond acceptors (Lipinski definition) is 3. The highest BCUT2D eigenvalue weighted by Crippen LogP contribution is 2.58. The molecule has 3 unspecified atom stereocenters. The molecule has 3 atom stereocenters. The van der Waals surface area contributed by atoms with E-state index in [1.165, 1.54) is 0 Å². The normalized spacial score (nSPS) is 18.9. The predicted octanol–water partition coefficient (Wildman–Crippen LogP) is 8.48. The van der Waals surface area contributed by atoms with Crippen LogP contribution in [0.25, 0.3) is 0 Å². The van der Waals surface area contributed by atoms with Crippen LogP contribution in [0, 0.1) is 0 Å². The lowest BCUT2D eigenvalue weighted by Gasteiger charge is -2.60. The van der Waals surface area contributed by atoms with Crippen LogP contribution in [0.5, 0.6) is 0 Å². The number of rotatable bonds is 16. The third-order valence-electron chi connectivity index (χ3n) is 9.39. The van der Waals surface area contributed by atoms with Gasteiger partial charge in [-0.1, -0.05) is 60.6 Å². The van der Waals surface area contributed by atoms with Crippen molar-refractivity contribution in [2.24, 2.45) is 0 Å². The maximum Gasteiger partial charge on any atom is 0.205 e. The molecule has 0 aliphatic rings. The molecule has 0 bridgehead atoms. The molecular formula is C26H61BO3Si4. The minimum atomic E-state index is -2.28. The van der Waals surface area contributed by atoms with Gasteiger partial charge in [0.15, 0.2) is 16.6 Å². The molecule has 0 aromatic heterocycles. The molecule has 0 N–H and O–H groups in total. The van der Waals surface area contributed by atoms with Gasteiger partial charge in [-0.15, -0.1) is 0 Å². The fraction of sp³-hybridized carbons (Fsp3) is 1.00. The zero-order chi connectivity index (χ0) is 27.4. The molecule has 0 saturated carbocycles. The van der Waals surface area contributed by atoms with Crippen LogP contribution in [0.3, 0.4) is 0 Å². The molecule has 34 heavy (non-hydrogen) atoms. The first-order chi connectivity index (χ1) is 15.2. The van der Waals surface area contributed by atoms with Crippen LogP contribution in [0.2, 0.25) is 70.3 Å². The van der Waals surface area contributed by atoms with Crippen LogP contribution in [-0.4, -0.2) is 57.6 Å². The summed E-state index contributed by atoms with van der Waals surface area (Å²) in [5, 5.41) is -0.378. The van der Waals surface area contributed by atoms with Gasteiger partial charge in [-0.2, -0.15) is 0 Å². The summed E-state index contributed by atoms with van der Waals surface area (Å²) in [6.07, 6.45) is 5.71. The highest BCUT2D eigenvalue weighted by atomic mass is 28.4. The molecule has 2 radical (unpaired) electrons. The second-order valence-corrected chi connectivity index (χ2v) is 30.2. The fourth-order valence-corrected chi connectivity index (χ4v) is 19.4. The maximum absolute atomic E-state index is 7.42. The monoisotopic (exact) mass is 544 g/mol. The Bertz CT molecular complexity index is 625. The van der Waals surface area contributed by atoms with Crippen LogP contribution in [0.15, 0.2) is 0 Å². The summed E-state index contributed by atoms with van der Waals surface area (Å²) in [6.45, 7) is 37.6. The molecule has 0 rings (SSSR count). The first-order valence-corrected chi connectivity index (χ1v) is 26.0. The quantitative estimate of drug-likeness (QED) is 0.182. The summed E-state index contributed by atoms with van der Waals surface area (Å²) in [6, 6.07) is 0. The van der Waals surface area contributed by atoms with Gasteiger partial charge < -0.3 is 13.3 Å². The van der Waals surface area contributed by atoms with Gasteiger partial charge >= 0.3 is 0 Å². The van der Waals surface area contributed by atoms with Gasteiger partial charge in [-0.3, -0.25) is 0 Å². The lowest BCUT2D eigenvalue weighted by Crippen LogP contribution is -2.66. The van der Waals surface area contributed by atoms with E-state index in [2.05, 4.69) is 107 Å². The van der Waals surface area contributed by atoms with Crippen molar-refractivity contribution in [3.63, 3.8) is 0 Å². The van der Waals surface area contributed by atoms with E-state index in [-0.39, 0.29) is 21.1 Å². The van der Waals surface area contributed by atoms with Gasteiger partial charge in [0, 0.05) is 10.3 Å². The first kappa shape index (κ1) is 34.8. The van der Waals surface area contributed by atoms with Crippen molar-refractivity contribution in [1.29, 1.82) is 0 Å². The van der Waals surface area contributed by atoms with Gasteiger partial charge in [-0.05, 0) is 85.2 Å². The van der Waals surface area contributed by atoms with E-state index in [0.717, 1.165) is 32.1 Å². The summed E-state index contributed by atoms with van der Waals surface area (Å²) < 4.78 is 21.7. The largest absolute Gasteiger partial charge is 0.415 e. The van der Waals surface area contributed by atoms with Crippen LogP contribution < -0.4 is 0 Å². The second kappa shape index (κ2) is 12.1. The molecule has 0 aromatic rings. The zero-order valence-corrected chi connectivity index (χ0v) is 30.3. The van der Waals surface area contributed by atoms with Crippen molar-refractivity contribution >= 4 is 41.6 Å². The molecule has 0 heterocycles. The maximum atomic E-state index is 7.42. The van der Waals surface area contributed by atoms with Crippen molar-refractivity contribution in [1.82, 2.24) is 0 Å². The van der Waals surface area contributed by atoms with Crippen LogP contribution in [0.1, 0.15) is 80.6 Å². The minimum absolute atomic E-state index is 0.0154. The third-order valence-corrected chi connectivity index (χ3v) is 22.1. The van der Waals surface area contributed by atoms with Crippen molar-refractivity contribution in [3.05, 3.63) is 0 Å². The van der Waals surface area contributed by atoms with Crippen molar-refractivity contribution in [2.75, 3.05) is 0 Å². The van der Waals surface area contributed by atoms with E-state index < -0.39 is 33.7 Å². The van der Waals surface area contributed by atoms with Crippen molar-refractivity contribution in [3.8, 4) is 0 Å². The Morgan fingerprint density at radius 1 is 0.706 bits per heavy atom. The SMILES string of the molecule is [B]CC(C)(O[Si](C)(C)C(CC)(CC)C(C)(CC)O[SiH](C)C(CC)(CC)O[Si](C)(C)C)[Si](C)(C)C. The van der Waals surface area contributed by atoms with E-state index in [1.54, 1.807) is 0 Å². The summed E-state index contributed by atoms with van der Waals surface area (Å²) >= 11 is 0. The van der Waals surface area contributed by atoms with Crippen molar-refractivity contribution < 1.29 is 13.3 Å². The Balaban J connectivity index is 6.62. The van der Waals surface area contributed by atoms with Gasteiger partial charge in [0.2, 0.25) is 9.04 Å². The average Bonchev–Trinajstić information content (AvgIpc) is 2.70. The summed E-state index contributed by atoms with van der Waals surface area (Å²) in [5.41, 5.74) is -0.259. The molecule has 0 fully saturated rings. The lowest BCUT2D eigenvalue weighted by molar-refractivity contribution is -0.0134. The molecule has 202 valence electrons. The Morgan fingerprint density at radius 2 is 1.15 bits per heavy atom. The Labute approximate surface area is 221 Å². The van der Waals surface area contributed by atoms with Crippen molar-refractivity contribution in [2.45, 2.75) is 167 Å². The minimum Gasteiger partial charge on any atom is -0.415 e. The smallest absolute Gasteiger partial charge is 0.205 e. The zero-order valence-electron chi connectivity index (χ0n) is 26.1. The molecule has 0 aromatic carbocycles. The van der Waals surface area contributed by atoms with E-state index in [9.17, 15) is 0 Å². The highest BCUT2D eigenvalue weighted by molar-refractivity contribution is 6.82. The third kappa shape index (κ3) is 7.01. The fourth-order valence-electron chi connectivity index (χ4n) is 6.34. The molecule has 0 aliphatic carbocycles. The molecule has 3 nitrogen and oxygen atoms in total. The summed E-state index contributed by atoms with van der Waals surface area (Å²) in [4.78, 5) is 0. The molecule has 0 saturated heterocycles. The van der Waals surface area contributed by atoms with E-state index in [1.807, 2.05) is 0 Å². The molecule has 0 spiro atoms. The highest BCUT2D eigenvalue weighted by Gasteiger charge is 2.61. The van der Waals surface area contributed by atoms with E-state index >= 15 is 0 Å². The predicted molar refractivity (Wildman–Crippen MR) is 165 cm³/mol. The van der Waals surface area contributed by atoms with Crippen LogP contribution in [0.4, 0.5) is 0 Å². The van der Waals surface area contributed by atoms with Crippen LogP contribution >= 0.6 is 0 Å². The van der Waals surface area contributed by atoms with Crippen LogP contribution in [-0.2, 0) is 13.3 Å². The molecule has 0 aliphatic heterocycles. The Morgan fingerprint density at radius 3 is 1.41 bits per heavy atom. The Kier molecular flexibility index (Phi) is 12.4. The standard InChI is InChI=1S/C26H61BO3Si4/c1-17-23(6,28-31(8)26(20-4,21-5)30-33(12,13)14)25(18-2,19-3)34(15,16)29-24(7,22-27)32(9,10)11/h31H,17-22H2,1-16H3. The van der Waals surface area contributed by atoms with E-state index in [0.29, 0.717) is 6.32 Å². The lowest BCUT2D eigenvalue weighted by atomic mass is 9.81. The summed E-state index contributed by atoms with van der Waals surface area (Å²) in [5.74, 6) is 0. The number of hydrogen-bond donors (Lipinski definition) is 0. The first-order valence-electron chi connectivity index (χ1n) is 13.9. The average molecular weight is 545 g/mol.